The van der Waals surface area contributed by atoms with Crippen molar-refractivity contribution in [3.8, 4) is 0 Å². The van der Waals surface area contributed by atoms with Gasteiger partial charge in [-0.25, -0.2) is 4.98 Å². The van der Waals surface area contributed by atoms with Crippen molar-refractivity contribution in [2.24, 2.45) is 5.92 Å². The quantitative estimate of drug-likeness (QED) is 0.635. The maximum Gasteiger partial charge on any atom is 0.289 e. The van der Waals surface area contributed by atoms with Crippen molar-refractivity contribution in [1.82, 2.24) is 4.98 Å². The van der Waals surface area contributed by atoms with Crippen LogP contribution in [0.2, 0.25) is 5.02 Å². The van der Waals surface area contributed by atoms with Crippen LogP contribution in [0.5, 0.6) is 0 Å². The standard InChI is InChI=1S/C9H10ClN3O3/c10-8-1-7(13(15)16)2-11-9(8)12-3-6(4-12)5-14/h1-2,6,14H,3-5H2. The zero-order chi connectivity index (χ0) is 11.7. The molecule has 0 amide bonds. The Labute approximate surface area is 96.6 Å². The number of halogens is 1. The predicted molar refractivity (Wildman–Crippen MR) is 58.7 cm³/mol. The Kier molecular flexibility index (Phi) is 2.93. The molecule has 1 fully saturated rings. The Morgan fingerprint density at radius 1 is 1.69 bits per heavy atom. The van der Waals surface area contributed by atoms with Crippen LogP contribution in [-0.2, 0) is 0 Å². The van der Waals surface area contributed by atoms with Gasteiger partial charge in [0.05, 0.1) is 9.95 Å². The third-order valence-corrected chi connectivity index (χ3v) is 2.81. The molecule has 1 N–H and O–H groups in total. The molecule has 2 rings (SSSR count). The predicted octanol–water partition coefficient (Wildman–Crippen LogP) is 1.07. The van der Waals surface area contributed by atoms with Gasteiger partial charge in [-0.3, -0.25) is 10.1 Å². The second kappa shape index (κ2) is 4.23. The van der Waals surface area contributed by atoms with Crippen LogP contribution in [0.3, 0.4) is 0 Å². The highest BCUT2D eigenvalue weighted by atomic mass is 35.5. The molecule has 0 radical (unpaired) electrons. The Morgan fingerprint density at radius 3 is 2.88 bits per heavy atom. The fourth-order valence-electron chi connectivity index (χ4n) is 1.61. The van der Waals surface area contributed by atoms with E-state index in [1.54, 1.807) is 0 Å². The lowest BCUT2D eigenvalue weighted by atomic mass is 10.0. The summed E-state index contributed by atoms with van der Waals surface area (Å²) in [7, 11) is 0. The van der Waals surface area contributed by atoms with Crippen molar-refractivity contribution in [2.75, 3.05) is 24.6 Å². The largest absolute Gasteiger partial charge is 0.396 e. The summed E-state index contributed by atoms with van der Waals surface area (Å²) in [5, 5.41) is 19.6. The molecular formula is C9H10ClN3O3. The molecule has 1 aliphatic rings. The minimum absolute atomic E-state index is 0.118. The van der Waals surface area contributed by atoms with Gasteiger partial charge in [0, 0.05) is 31.7 Å². The summed E-state index contributed by atoms with van der Waals surface area (Å²) in [5.74, 6) is 0.782. The molecule has 7 heteroatoms. The molecule has 86 valence electrons. The third kappa shape index (κ3) is 1.94. The van der Waals surface area contributed by atoms with Crippen molar-refractivity contribution in [2.45, 2.75) is 0 Å². The van der Waals surface area contributed by atoms with Gasteiger partial charge in [0.25, 0.3) is 5.69 Å². The molecule has 1 aromatic heterocycles. The SMILES string of the molecule is O=[N+]([O-])c1cnc(N2CC(CO)C2)c(Cl)c1. The average Bonchev–Trinajstić information content (AvgIpc) is 2.18. The number of rotatable bonds is 3. The summed E-state index contributed by atoms with van der Waals surface area (Å²) in [4.78, 5) is 15.8. The monoisotopic (exact) mass is 243 g/mol. The smallest absolute Gasteiger partial charge is 0.289 e. The van der Waals surface area contributed by atoms with Crippen LogP contribution in [0, 0.1) is 16.0 Å². The van der Waals surface area contributed by atoms with E-state index in [0.29, 0.717) is 18.9 Å². The van der Waals surface area contributed by atoms with Gasteiger partial charge in [0.15, 0.2) is 0 Å². The van der Waals surface area contributed by atoms with Crippen molar-refractivity contribution in [3.63, 3.8) is 0 Å². The highest BCUT2D eigenvalue weighted by molar-refractivity contribution is 6.33. The maximum atomic E-state index is 10.5. The van der Waals surface area contributed by atoms with Gasteiger partial charge >= 0.3 is 0 Å². The summed E-state index contributed by atoms with van der Waals surface area (Å²) in [6, 6.07) is 1.29. The van der Waals surface area contributed by atoms with Crippen LogP contribution in [0.15, 0.2) is 12.3 Å². The Bertz CT molecular complexity index is 420. The first-order chi connectivity index (χ1) is 7.61. The van der Waals surface area contributed by atoms with Crippen LogP contribution in [0.4, 0.5) is 11.5 Å². The van der Waals surface area contributed by atoms with Gasteiger partial charge in [-0.05, 0) is 0 Å². The van der Waals surface area contributed by atoms with E-state index in [1.807, 2.05) is 4.90 Å². The van der Waals surface area contributed by atoms with Crippen molar-refractivity contribution in [1.29, 1.82) is 0 Å². The first kappa shape index (κ1) is 11.1. The van der Waals surface area contributed by atoms with E-state index < -0.39 is 4.92 Å². The number of aromatic nitrogens is 1. The fraction of sp³-hybridized carbons (Fsp3) is 0.444. The molecule has 16 heavy (non-hydrogen) atoms. The van der Waals surface area contributed by atoms with Crippen LogP contribution < -0.4 is 4.90 Å². The number of aliphatic hydroxyl groups excluding tert-OH is 1. The molecule has 0 aromatic carbocycles. The topological polar surface area (TPSA) is 79.5 Å². The van der Waals surface area contributed by atoms with Crippen molar-refractivity contribution >= 4 is 23.1 Å². The van der Waals surface area contributed by atoms with Gasteiger partial charge in [0.1, 0.15) is 12.0 Å². The number of hydrogen-bond acceptors (Lipinski definition) is 5. The lowest BCUT2D eigenvalue weighted by molar-refractivity contribution is -0.385. The second-order valence-electron chi connectivity index (χ2n) is 3.71. The Morgan fingerprint density at radius 2 is 2.38 bits per heavy atom. The zero-order valence-corrected chi connectivity index (χ0v) is 9.09. The molecule has 0 bridgehead atoms. The highest BCUT2D eigenvalue weighted by Gasteiger charge is 2.29. The Balaban J connectivity index is 2.15. The Hall–Kier alpha value is -1.40. The van der Waals surface area contributed by atoms with E-state index in [-0.39, 0.29) is 23.2 Å². The number of aliphatic hydroxyl groups is 1. The molecule has 1 saturated heterocycles. The van der Waals surface area contributed by atoms with E-state index in [2.05, 4.69) is 4.98 Å². The normalized spacial score (nSPS) is 16.0. The second-order valence-corrected chi connectivity index (χ2v) is 4.12. The average molecular weight is 244 g/mol. The molecule has 0 spiro atoms. The number of pyridine rings is 1. The number of nitro groups is 1. The first-order valence-electron chi connectivity index (χ1n) is 4.77. The van der Waals surface area contributed by atoms with E-state index in [1.165, 1.54) is 12.3 Å². The molecule has 0 atom stereocenters. The minimum atomic E-state index is -0.532. The lowest BCUT2D eigenvalue weighted by Crippen LogP contribution is -2.48. The molecular weight excluding hydrogens is 234 g/mol. The van der Waals surface area contributed by atoms with Gasteiger partial charge in [0.2, 0.25) is 0 Å². The number of anilines is 1. The van der Waals surface area contributed by atoms with E-state index in [9.17, 15) is 10.1 Å². The van der Waals surface area contributed by atoms with Gasteiger partial charge in [-0.15, -0.1) is 0 Å². The molecule has 2 heterocycles. The minimum Gasteiger partial charge on any atom is -0.396 e. The molecule has 0 aliphatic carbocycles. The molecule has 6 nitrogen and oxygen atoms in total. The molecule has 1 aliphatic heterocycles. The fourth-order valence-corrected chi connectivity index (χ4v) is 1.89. The number of hydrogen-bond donors (Lipinski definition) is 1. The molecule has 0 saturated carbocycles. The molecule has 1 aromatic rings. The van der Waals surface area contributed by atoms with Crippen LogP contribution in [0.1, 0.15) is 0 Å². The van der Waals surface area contributed by atoms with Crippen molar-refractivity contribution in [3.05, 3.63) is 27.4 Å². The maximum absolute atomic E-state index is 10.5. The summed E-state index contributed by atoms with van der Waals surface area (Å²) in [6.07, 6.45) is 1.19. The van der Waals surface area contributed by atoms with Gasteiger partial charge in [-0.2, -0.15) is 0 Å². The highest BCUT2D eigenvalue weighted by Crippen LogP contribution is 2.31. The van der Waals surface area contributed by atoms with E-state index in [0.717, 1.165) is 0 Å². The van der Waals surface area contributed by atoms with Gasteiger partial charge < -0.3 is 10.0 Å². The van der Waals surface area contributed by atoms with E-state index >= 15 is 0 Å². The summed E-state index contributed by atoms with van der Waals surface area (Å²) in [6.45, 7) is 1.50. The molecule has 0 unspecified atom stereocenters. The third-order valence-electron chi connectivity index (χ3n) is 2.53. The first-order valence-corrected chi connectivity index (χ1v) is 5.15. The summed E-state index contributed by atoms with van der Waals surface area (Å²) in [5.41, 5.74) is -0.118. The van der Waals surface area contributed by atoms with E-state index in [4.69, 9.17) is 16.7 Å². The van der Waals surface area contributed by atoms with Crippen LogP contribution in [0.25, 0.3) is 0 Å². The number of nitrogens with zero attached hydrogens (tertiary/aromatic N) is 3. The summed E-state index contributed by atoms with van der Waals surface area (Å²) < 4.78 is 0. The van der Waals surface area contributed by atoms with Crippen LogP contribution in [-0.4, -0.2) is 34.7 Å². The lowest BCUT2D eigenvalue weighted by Gasteiger charge is -2.39. The van der Waals surface area contributed by atoms with Gasteiger partial charge in [-0.1, -0.05) is 11.6 Å². The zero-order valence-electron chi connectivity index (χ0n) is 8.34. The summed E-state index contributed by atoms with van der Waals surface area (Å²) >= 11 is 5.90. The van der Waals surface area contributed by atoms with Crippen molar-refractivity contribution < 1.29 is 10.0 Å². The van der Waals surface area contributed by atoms with Crippen LogP contribution >= 0.6 is 11.6 Å².